The second kappa shape index (κ2) is 6.46. The molecular formula is C20H28O3. The van der Waals surface area contributed by atoms with Crippen LogP contribution in [0, 0.1) is 17.3 Å². The van der Waals surface area contributed by atoms with Crippen molar-refractivity contribution in [2.45, 2.75) is 60.0 Å². The summed E-state index contributed by atoms with van der Waals surface area (Å²) in [6.07, 6.45) is 5.88. The van der Waals surface area contributed by atoms with E-state index in [4.69, 9.17) is 4.74 Å². The first-order chi connectivity index (χ1) is 10.7. The molecule has 2 aliphatic rings. The maximum atomic E-state index is 12.3. The lowest BCUT2D eigenvalue weighted by atomic mass is 9.57. The summed E-state index contributed by atoms with van der Waals surface area (Å²) in [4.78, 5) is 24.4. The molecule has 0 radical (unpaired) electrons. The Balaban J connectivity index is 2.25. The fraction of sp³-hybridized carbons (Fsp3) is 0.600. The van der Waals surface area contributed by atoms with E-state index in [1.165, 1.54) is 5.57 Å². The first kappa shape index (κ1) is 17.7. The van der Waals surface area contributed by atoms with E-state index in [1.807, 2.05) is 19.9 Å². The number of fused-ring (bicyclic) bond motifs is 1. The molecule has 4 atom stereocenters. The molecule has 23 heavy (non-hydrogen) atoms. The van der Waals surface area contributed by atoms with Crippen molar-refractivity contribution in [3.8, 4) is 0 Å². The van der Waals surface area contributed by atoms with Crippen molar-refractivity contribution < 1.29 is 14.3 Å². The van der Waals surface area contributed by atoms with Gasteiger partial charge in [0, 0.05) is 17.4 Å². The molecule has 0 amide bonds. The van der Waals surface area contributed by atoms with Crippen molar-refractivity contribution in [1.29, 1.82) is 0 Å². The van der Waals surface area contributed by atoms with Gasteiger partial charge in [0.15, 0.2) is 5.78 Å². The number of hydrogen-bond donors (Lipinski definition) is 0. The molecule has 0 aromatic heterocycles. The van der Waals surface area contributed by atoms with Crippen molar-refractivity contribution in [1.82, 2.24) is 0 Å². The smallest absolute Gasteiger partial charge is 0.333 e. The normalized spacial score (nSPS) is 34.5. The van der Waals surface area contributed by atoms with Gasteiger partial charge in [0.05, 0.1) is 0 Å². The fourth-order valence-corrected chi connectivity index (χ4v) is 3.81. The van der Waals surface area contributed by atoms with E-state index in [-0.39, 0.29) is 35.1 Å². The Kier molecular flexibility index (Phi) is 4.98. The Morgan fingerprint density at radius 1 is 1.43 bits per heavy atom. The maximum Gasteiger partial charge on any atom is 0.333 e. The average Bonchev–Trinajstić information content (AvgIpc) is 2.50. The van der Waals surface area contributed by atoms with Crippen LogP contribution in [-0.2, 0) is 14.3 Å². The van der Waals surface area contributed by atoms with Gasteiger partial charge in [-0.2, -0.15) is 0 Å². The number of allylic oxidation sites excluding steroid dienone is 4. The van der Waals surface area contributed by atoms with Crippen LogP contribution in [0.4, 0.5) is 0 Å². The Morgan fingerprint density at radius 2 is 2.09 bits per heavy atom. The zero-order valence-electron chi connectivity index (χ0n) is 14.9. The zero-order valence-corrected chi connectivity index (χ0v) is 14.9. The molecule has 1 fully saturated rings. The highest BCUT2D eigenvalue weighted by Gasteiger charge is 2.48. The molecule has 3 nitrogen and oxygen atoms in total. The molecule has 126 valence electrons. The van der Waals surface area contributed by atoms with Gasteiger partial charge in [-0.1, -0.05) is 37.6 Å². The average molecular weight is 316 g/mol. The molecule has 0 heterocycles. The molecule has 0 aromatic rings. The number of carbonyl (C=O) groups excluding carboxylic acids is 2. The van der Waals surface area contributed by atoms with Crippen LogP contribution >= 0.6 is 0 Å². The minimum Gasteiger partial charge on any atom is -0.459 e. The van der Waals surface area contributed by atoms with E-state index >= 15 is 0 Å². The third kappa shape index (κ3) is 3.19. The highest BCUT2D eigenvalue weighted by Crippen LogP contribution is 2.53. The van der Waals surface area contributed by atoms with Crippen LogP contribution in [-0.4, -0.2) is 17.9 Å². The van der Waals surface area contributed by atoms with Gasteiger partial charge in [0.2, 0.25) is 0 Å². The van der Waals surface area contributed by atoms with Gasteiger partial charge in [-0.05, 0) is 51.5 Å². The zero-order chi connectivity index (χ0) is 17.4. The molecule has 0 unspecified atom stereocenters. The summed E-state index contributed by atoms with van der Waals surface area (Å²) in [5, 5.41) is 0. The van der Waals surface area contributed by atoms with Crippen LogP contribution in [0.5, 0.6) is 0 Å². The summed E-state index contributed by atoms with van der Waals surface area (Å²) in [6.45, 7) is 13.9. The SMILES string of the molecule is C=C(C)[C@H]1C[C@]2(C)C(=CC1=O)CC[C@@H](OC(=O)/C(C)=C/C)[C@H]2C. The van der Waals surface area contributed by atoms with E-state index < -0.39 is 0 Å². The van der Waals surface area contributed by atoms with Crippen molar-refractivity contribution in [2.24, 2.45) is 17.3 Å². The summed E-state index contributed by atoms with van der Waals surface area (Å²) in [7, 11) is 0. The first-order valence-electron chi connectivity index (χ1n) is 8.45. The Labute approximate surface area is 139 Å². The number of rotatable bonds is 3. The summed E-state index contributed by atoms with van der Waals surface area (Å²) in [6, 6.07) is 0. The van der Waals surface area contributed by atoms with E-state index in [9.17, 15) is 9.59 Å². The molecular weight excluding hydrogens is 288 g/mol. The van der Waals surface area contributed by atoms with Crippen LogP contribution < -0.4 is 0 Å². The summed E-state index contributed by atoms with van der Waals surface area (Å²) in [5.74, 6) is 0.0186. The largest absolute Gasteiger partial charge is 0.459 e. The van der Waals surface area contributed by atoms with Crippen LogP contribution in [0.25, 0.3) is 0 Å². The van der Waals surface area contributed by atoms with E-state index in [2.05, 4.69) is 20.4 Å². The van der Waals surface area contributed by atoms with Crippen LogP contribution in [0.1, 0.15) is 53.9 Å². The maximum absolute atomic E-state index is 12.3. The van der Waals surface area contributed by atoms with Crippen molar-refractivity contribution in [2.75, 3.05) is 0 Å². The number of hydrogen-bond acceptors (Lipinski definition) is 3. The molecule has 1 saturated carbocycles. The van der Waals surface area contributed by atoms with Gasteiger partial charge in [-0.15, -0.1) is 0 Å². The van der Waals surface area contributed by atoms with Crippen molar-refractivity contribution in [3.05, 3.63) is 35.5 Å². The second-order valence-corrected chi connectivity index (χ2v) is 7.34. The molecule has 0 N–H and O–H groups in total. The standard InChI is InChI=1S/C20H28O3/c1-7-13(4)19(22)23-18-9-8-15-10-17(21)16(12(2)3)11-20(15,6)14(18)5/h7,10,14,16,18H,2,8-9,11H2,1,3-6H3/b13-7+/t14-,16-,18-,20+/m1/s1. The number of esters is 1. The monoisotopic (exact) mass is 316 g/mol. The third-order valence-electron chi connectivity index (χ3n) is 5.89. The van der Waals surface area contributed by atoms with Crippen LogP contribution in [0.3, 0.4) is 0 Å². The summed E-state index contributed by atoms with van der Waals surface area (Å²) < 4.78 is 5.75. The Hall–Kier alpha value is -1.64. The molecule has 2 aliphatic carbocycles. The lowest BCUT2D eigenvalue weighted by molar-refractivity contribution is -0.151. The molecule has 0 spiro atoms. The van der Waals surface area contributed by atoms with Gasteiger partial charge in [0.1, 0.15) is 6.10 Å². The Morgan fingerprint density at radius 3 is 2.65 bits per heavy atom. The molecule has 0 aliphatic heterocycles. The lowest BCUT2D eigenvalue weighted by Crippen LogP contribution is -2.46. The third-order valence-corrected chi connectivity index (χ3v) is 5.89. The quantitative estimate of drug-likeness (QED) is 0.440. The summed E-state index contributed by atoms with van der Waals surface area (Å²) >= 11 is 0. The molecule has 0 saturated heterocycles. The fourth-order valence-electron chi connectivity index (χ4n) is 3.81. The van der Waals surface area contributed by atoms with Gasteiger partial charge in [0.25, 0.3) is 0 Å². The number of ketones is 1. The van der Waals surface area contributed by atoms with Crippen LogP contribution in [0.2, 0.25) is 0 Å². The first-order valence-corrected chi connectivity index (χ1v) is 8.45. The molecule has 2 rings (SSSR count). The predicted molar refractivity (Wildman–Crippen MR) is 91.8 cm³/mol. The lowest BCUT2D eigenvalue weighted by Gasteiger charge is -2.49. The second-order valence-electron chi connectivity index (χ2n) is 7.34. The van der Waals surface area contributed by atoms with Gasteiger partial charge < -0.3 is 4.74 Å². The number of ether oxygens (including phenoxy) is 1. The topological polar surface area (TPSA) is 43.4 Å². The van der Waals surface area contributed by atoms with Crippen molar-refractivity contribution >= 4 is 11.8 Å². The minimum atomic E-state index is -0.233. The highest BCUT2D eigenvalue weighted by atomic mass is 16.5. The van der Waals surface area contributed by atoms with Gasteiger partial charge in [-0.25, -0.2) is 4.79 Å². The number of carbonyl (C=O) groups is 2. The van der Waals surface area contributed by atoms with Crippen LogP contribution in [0.15, 0.2) is 35.5 Å². The van der Waals surface area contributed by atoms with E-state index in [1.54, 1.807) is 13.0 Å². The van der Waals surface area contributed by atoms with Gasteiger partial charge >= 0.3 is 5.97 Å². The molecule has 0 bridgehead atoms. The highest BCUT2D eigenvalue weighted by molar-refractivity contribution is 5.95. The van der Waals surface area contributed by atoms with E-state index in [0.29, 0.717) is 5.57 Å². The Bertz CT molecular complexity index is 596. The summed E-state index contributed by atoms with van der Waals surface area (Å²) in [5.41, 5.74) is 2.66. The van der Waals surface area contributed by atoms with Crippen molar-refractivity contribution in [3.63, 3.8) is 0 Å². The minimum absolute atomic E-state index is 0.0986. The predicted octanol–water partition coefficient (Wildman–Crippen LogP) is 4.39. The molecule has 0 aromatic carbocycles. The van der Waals surface area contributed by atoms with Gasteiger partial charge in [-0.3, -0.25) is 4.79 Å². The molecule has 3 heteroatoms. The van der Waals surface area contributed by atoms with E-state index in [0.717, 1.165) is 24.8 Å².